The summed E-state index contributed by atoms with van der Waals surface area (Å²) in [5.74, 6) is 0.609. The largest absolute Gasteiger partial charge is 0.507 e. The maximum atomic E-state index is 12.3. The van der Waals surface area contributed by atoms with E-state index in [-0.39, 0.29) is 34.9 Å². The third-order valence-corrected chi connectivity index (χ3v) is 7.95. The predicted molar refractivity (Wildman–Crippen MR) is 186 cm³/mol. The van der Waals surface area contributed by atoms with Gasteiger partial charge in [-0.15, -0.1) is 0 Å². The lowest BCUT2D eigenvalue weighted by Crippen LogP contribution is -2.26. The first-order chi connectivity index (χ1) is 21.0. The van der Waals surface area contributed by atoms with Crippen LogP contribution in [-0.2, 0) is 44.3 Å². The number of phenols is 2. The Hall–Kier alpha value is -3.42. The van der Waals surface area contributed by atoms with Gasteiger partial charge < -0.3 is 30.3 Å². The molecule has 0 spiro atoms. The van der Waals surface area contributed by atoms with Gasteiger partial charge >= 0.3 is 12.2 Å². The standard InChI is InChI=1S/C38H60N2O6/c1-35(2,3)27-19-25(20-28(31(27)41)36(4,5)6)23-45-33(43)39-17-15-13-14-16-18-40-34(44)46-24-26-21-29(37(7,8)9)32(42)30(22-26)38(10,11)12/h19-22,41-42H,13-18,23-24H2,1-12H3,(H,39,43)(H,40,44). The molecule has 258 valence electrons. The second-order valence-corrected chi connectivity index (χ2v) is 16.5. The number of carbonyl (C=O) groups excluding carboxylic acids is 2. The number of benzene rings is 2. The van der Waals surface area contributed by atoms with Crippen LogP contribution in [0.1, 0.15) is 142 Å². The molecule has 0 radical (unpaired) electrons. The van der Waals surface area contributed by atoms with Crippen LogP contribution in [0.2, 0.25) is 0 Å². The third-order valence-electron chi connectivity index (χ3n) is 7.95. The molecule has 2 aromatic rings. The molecule has 2 rings (SSSR count). The minimum absolute atomic E-state index is 0.127. The van der Waals surface area contributed by atoms with E-state index in [4.69, 9.17) is 9.47 Å². The van der Waals surface area contributed by atoms with E-state index in [0.717, 1.165) is 59.1 Å². The van der Waals surface area contributed by atoms with E-state index >= 15 is 0 Å². The number of rotatable bonds is 11. The minimum atomic E-state index is -0.468. The van der Waals surface area contributed by atoms with Gasteiger partial charge in [-0.1, -0.05) is 95.9 Å². The zero-order valence-electron chi connectivity index (χ0n) is 30.5. The van der Waals surface area contributed by atoms with Crippen LogP contribution in [-0.4, -0.2) is 35.5 Å². The first kappa shape index (κ1) is 38.8. The lowest BCUT2D eigenvalue weighted by molar-refractivity contribution is 0.138. The molecule has 8 heteroatoms. The Morgan fingerprint density at radius 3 is 1.02 bits per heavy atom. The van der Waals surface area contributed by atoms with Gasteiger partial charge in [-0.05, 0) is 92.1 Å². The van der Waals surface area contributed by atoms with Gasteiger partial charge in [0, 0.05) is 13.1 Å². The molecule has 0 aliphatic carbocycles. The summed E-state index contributed by atoms with van der Waals surface area (Å²) in [6.07, 6.45) is 2.46. The zero-order chi connectivity index (χ0) is 35.1. The molecule has 0 atom stereocenters. The van der Waals surface area contributed by atoms with Gasteiger partial charge in [-0.2, -0.15) is 0 Å². The molecule has 2 aromatic carbocycles. The number of aromatic hydroxyl groups is 2. The molecule has 0 unspecified atom stereocenters. The molecule has 0 saturated heterocycles. The topological polar surface area (TPSA) is 117 Å². The van der Waals surface area contributed by atoms with Crippen molar-refractivity contribution < 1.29 is 29.3 Å². The molecular weight excluding hydrogens is 580 g/mol. The number of phenolic OH excluding ortho intramolecular Hbond substituents is 2. The molecule has 0 bridgehead atoms. The number of unbranched alkanes of at least 4 members (excludes halogenated alkanes) is 3. The number of amides is 2. The van der Waals surface area contributed by atoms with Gasteiger partial charge in [0.25, 0.3) is 0 Å². The summed E-state index contributed by atoms with van der Waals surface area (Å²) in [4.78, 5) is 24.6. The Morgan fingerprint density at radius 1 is 0.522 bits per heavy atom. The average Bonchev–Trinajstić information content (AvgIpc) is 2.90. The lowest BCUT2D eigenvalue weighted by Gasteiger charge is -2.28. The van der Waals surface area contributed by atoms with E-state index in [2.05, 4.69) is 93.7 Å². The molecule has 2 amide bonds. The SMILES string of the molecule is CC(C)(C)c1cc(COC(=O)NCCCCCCNC(=O)OCc2cc(C(C)(C)C)c(O)c(C(C)(C)C)c2)cc(C(C)(C)C)c1O. The van der Waals surface area contributed by atoms with Gasteiger partial charge in [0.1, 0.15) is 24.7 Å². The number of hydrogen-bond acceptors (Lipinski definition) is 6. The Bertz CT molecular complexity index is 1160. The summed E-state index contributed by atoms with van der Waals surface area (Å²) in [5.41, 5.74) is 4.04. The molecule has 0 heterocycles. The Balaban J connectivity index is 1.71. The van der Waals surface area contributed by atoms with Crippen LogP contribution in [0.5, 0.6) is 11.5 Å². The summed E-state index contributed by atoms with van der Waals surface area (Å²) < 4.78 is 11.0. The number of ether oxygens (including phenoxy) is 2. The summed E-state index contributed by atoms with van der Waals surface area (Å²) in [7, 11) is 0. The molecule has 4 N–H and O–H groups in total. The van der Waals surface area contributed by atoms with Crippen LogP contribution in [0.15, 0.2) is 24.3 Å². The Kier molecular flexibility index (Phi) is 13.0. The van der Waals surface area contributed by atoms with Crippen molar-refractivity contribution in [2.75, 3.05) is 13.1 Å². The Labute approximate surface area is 277 Å². The fourth-order valence-electron chi connectivity index (χ4n) is 5.23. The smallest absolute Gasteiger partial charge is 0.407 e. The van der Waals surface area contributed by atoms with E-state index in [1.807, 2.05) is 24.3 Å². The van der Waals surface area contributed by atoms with Gasteiger partial charge in [0.05, 0.1) is 0 Å². The van der Waals surface area contributed by atoms with Crippen LogP contribution >= 0.6 is 0 Å². The molecule has 0 aliphatic heterocycles. The van der Waals surface area contributed by atoms with E-state index in [9.17, 15) is 19.8 Å². The highest BCUT2D eigenvalue weighted by Gasteiger charge is 2.28. The third kappa shape index (κ3) is 11.7. The summed E-state index contributed by atoms with van der Waals surface area (Å²) in [5, 5.41) is 27.4. The molecule has 0 fully saturated rings. The highest BCUT2D eigenvalue weighted by Crippen LogP contribution is 2.41. The minimum Gasteiger partial charge on any atom is -0.507 e. The van der Waals surface area contributed by atoms with Crippen molar-refractivity contribution in [3.63, 3.8) is 0 Å². The average molecular weight is 641 g/mol. The number of hydrogen-bond donors (Lipinski definition) is 4. The second kappa shape index (κ2) is 15.4. The summed E-state index contributed by atoms with van der Waals surface area (Å²) >= 11 is 0. The van der Waals surface area contributed by atoms with Crippen molar-refractivity contribution in [1.82, 2.24) is 10.6 Å². The van der Waals surface area contributed by atoms with Gasteiger partial charge in [-0.3, -0.25) is 0 Å². The fraction of sp³-hybridized carbons (Fsp3) is 0.632. The maximum Gasteiger partial charge on any atom is 0.407 e. The molecule has 46 heavy (non-hydrogen) atoms. The molecular formula is C38H60N2O6. The Morgan fingerprint density at radius 2 is 0.783 bits per heavy atom. The van der Waals surface area contributed by atoms with Crippen LogP contribution in [0.3, 0.4) is 0 Å². The monoisotopic (exact) mass is 640 g/mol. The highest BCUT2D eigenvalue weighted by atomic mass is 16.6. The second-order valence-electron chi connectivity index (χ2n) is 16.5. The van der Waals surface area contributed by atoms with Crippen molar-refractivity contribution in [2.45, 2.75) is 144 Å². The zero-order valence-corrected chi connectivity index (χ0v) is 30.5. The summed E-state index contributed by atoms with van der Waals surface area (Å²) in [6, 6.07) is 7.67. The lowest BCUT2D eigenvalue weighted by atomic mass is 9.78. The fourth-order valence-corrected chi connectivity index (χ4v) is 5.23. The summed E-state index contributed by atoms with van der Waals surface area (Å²) in [6.45, 7) is 25.9. The van der Waals surface area contributed by atoms with Crippen LogP contribution in [0.25, 0.3) is 0 Å². The van der Waals surface area contributed by atoms with E-state index in [0.29, 0.717) is 24.6 Å². The van der Waals surface area contributed by atoms with Crippen molar-refractivity contribution in [2.24, 2.45) is 0 Å². The van der Waals surface area contributed by atoms with Crippen molar-refractivity contribution in [3.8, 4) is 11.5 Å². The van der Waals surface area contributed by atoms with E-state index in [1.54, 1.807) is 0 Å². The van der Waals surface area contributed by atoms with E-state index in [1.165, 1.54) is 0 Å². The first-order valence-corrected chi connectivity index (χ1v) is 16.6. The molecule has 0 aromatic heterocycles. The number of nitrogens with one attached hydrogen (secondary N) is 2. The van der Waals surface area contributed by atoms with Gasteiger partial charge in [0.2, 0.25) is 0 Å². The quantitative estimate of drug-likeness (QED) is 0.182. The van der Waals surface area contributed by atoms with E-state index < -0.39 is 12.2 Å². The van der Waals surface area contributed by atoms with Crippen LogP contribution in [0.4, 0.5) is 9.59 Å². The van der Waals surface area contributed by atoms with Gasteiger partial charge in [0.15, 0.2) is 0 Å². The van der Waals surface area contributed by atoms with Crippen LogP contribution in [0, 0.1) is 0 Å². The molecule has 8 nitrogen and oxygen atoms in total. The highest BCUT2D eigenvalue weighted by molar-refractivity contribution is 5.67. The van der Waals surface area contributed by atoms with Crippen LogP contribution < -0.4 is 10.6 Å². The molecule has 0 aliphatic rings. The predicted octanol–water partition coefficient (Wildman–Crippen LogP) is 9.00. The normalized spacial score (nSPS) is 12.5. The molecule has 0 saturated carbocycles. The first-order valence-electron chi connectivity index (χ1n) is 16.6. The van der Waals surface area contributed by atoms with Crippen molar-refractivity contribution in [1.29, 1.82) is 0 Å². The number of carbonyl (C=O) groups is 2. The van der Waals surface area contributed by atoms with Gasteiger partial charge in [-0.25, -0.2) is 9.59 Å². The number of alkyl carbamates (subject to hydrolysis) is 2. The maximum absolute atomic E-state index is 12.3. The van der Waals surface area contributed by atoms with Crippen molar-refractivity contribution in [3.05, 3.63) is 57.6 Å². The van der Waals surface area contributed by atoms with Crippen molar-refractivity contribution >= 4 is 12.2 Å².